The molecule has 1 unspecified atom stereocenters. The first-order valence-corrected chi connectivity index (χ1v) is 10.3. The predicted molar refractivity (Wildman–Crippen MR) is 128 cm³/mol. The van der Waals surface area contributed by atoms with Gasteiger partial charge in [0.1, 0.15) is 5.82 Å². The van der Waals surface area contributed by atoms with Gasteiger partial charge in [-0.2, -0.15) is 5.10 Å². The number of aryl methyl sites for hydroxylation is 1. The van der Waals surface area contributed by atoms with Gasteiger partial charge in [-0.25, -0.2) is 4.98 Å². The number of amides is 1. The molecule has 0 saturated carbocycles. The lowest BCUT2D eigenvalue weighted by Gasteiger charge is -2.18. The van der Waals surface area contributed by atoms with Gasteiger partial charge in [-0.3, -0.25) is 9.89 Å². The smallest absolute Gasteiger partial charge is 0.257 e. The molecule has 0 spiro atoms. The van der Waals surface area contributed by atoms with Gasteiger partial charge in [-0.1, -0.05) is 6.07 Å². The van der Waals surface area contributed by atoms with E-state index in [-0.39, 0.29) is 12.2 Å². The molecule has 0 saturated heterocycles. The van der Waals surface area contributed by atoms with Crippen LogP contribution in [-0.2, 0) is 0 Å². The number of aromatic amines is 1. The summed E-state index contributed by atoms with van der Waals surface area (Å²) in [5.41, 5.74) is 5.76. The Bertz CT molecular complexity index is 1310. The number of nitrogens with zero attached hydrogens (tertiary/aromatic N) is 3. The van der Waals surface area contributed by atoms with Crippen molar-refractivity contribution in [2.45, 2.75) is 13.2 Å². The summed E-state index contributed by atoms with van der Waals surface area (Å²) < 4.78 is 0. The number of rotatable bonds is 5. The molecular weight excluding hydrogens is 404 g/mol. The van der Waals surface area contributed by atoms with Crippen molar-refractivity contribution in [3.05, 3.63) is 66.0 Å². The average molecular weight is 429 g/mol. The Morgan fingerprint density at radius 2 is 1.91 bits per heavy atom. The molecule has 4 aromatic rings. The lowest BCUT2D eigenvalue weighted by atomic mass is 10.1. The summed E-state index contributed by atoms with van der Waals surface area (Å²) in [6.45, 7) is 2.00. The molecule has 32 heavy (non-hydrogen) atoms. The fourth-order valence-corrected chi connectivity index (χ4v) is 3.78. The average Bonchev–Trinajstić information content (AvgIpc) is 3.39. The van der Waals surface area contributed by atoms with Crippen LogP contribution in [0.5, 0.6) is 0 Å². The molecule has 2 aromatic heterocycles. The minimum Gasteiger partial charge on any atom is -0.377 e. The van der Waals surface area contributed by atoms with Crippen molar-refractivity contribution in [2.24, 2.45) is 0 Å². The zero-order valence-corrected chi connectivity index (χ0v) is 18.0. The third-order valence-corrected chi connectivity index (χ3v) is 5.45. The number of hydrogen-bond acceptors (Lipinski definition) is 7. The Labute approximate surface area is 185 Å². The molecule has 0 bridgehead atoms. The summed E-state index contributed by atoms with van der Waals surface area (Å²) in [5.74, 6) is 0.611. The van der Waals surface area contributed by atoms with Crippen molar-refractivity contribution in [3.8, 4) is 0 Å². The fraction of sp³-hybridized carbons (Fsp3) is 0.174. The molecule has 1 atom stereocenters. The zero-order chi connectivity index (χ0) is 22.2. The standard InChI is InChI=1S/C23H24N8O/c1-13-5-4-8-24-21(13)29-23-27-18-10-16(20(31(2)3)11-19(18)28-23)22(32)26-15-7-6-14-12-25-30-17(14)9-15/h4-12,23,27-28H,1-3H3,(H,24,29)(H,25,30)(H,26,32). The van der Waals surface area contributed by atoms with E-state index < -0.39 is 0 Å². The van der Waals surface area contributed by atoms with Gasteiger partial charge >= 0.3 is 0 Å². The molecule has 1 amide bonds. The lowest BCUT2D eigenvalue weighted by molar-refractivity contribution is 0.102. The Morgan fingerprint density at radius 3 is 2.69 bits per heavy atom. The van der Waals surface area contributed by atoms with Crippen LogP contribution in [0.2, 0.25) is 0 Å². The Kier molecular flexibility index (Phi) is 4.78. The van der Waals surface area contributed by atoms with E-state index in [4.69, 9.17) is 0 Å². The van der Waals surface area contributed by atoms with E-state index in [1.54, 1.807) is 12.4 Å². The van der Waals surface area contributed by atoms with Crippen LogP contribution in [0.3, 0.4) is 0 Å². The number of nitrogens with one attached hydrogen (secondary N) is 5. The highest BCUT2D eigenvalue weighted by atomic mass is 16.1. The van der Waals surface area contributed by atoms with Crippen molar-refractivity contribution in [1.29, 1.82) is 0 Å². The zero-order valence-electron chi connectivity index (χ0n) is 18.0. The molecule has 9 nitrogen and oxygen atoms in total. The van der Waals surface area contributed by atoms with Gasteiger partial charge in [-0.15, -0.1) is 0 Å². The molecular formula is C23H24N8O. The molecule has 5 rings (SSSR count). The number of hydrogen-bond donors (Lipinski definition) is 5. The number of aromatic nitrogens is 3. The highest BCUT2D eigenvalue weighted by molar-refractivity contribution is 6.10. The number of carbonyl (C=O) groups excluding carboxylic acids is 1. The van der Waals surface area contributed by atoms with Crippen LogP contribution in [0.15, 0.2) is 54.9 Å². The Hall–Kier alpha value is -4.27. The third kappa shape index (κ3) is 3.64. The summed E-state index contributed by atoms with van der Waals surface area (Å²) in [6, 6.07) is 13.4. The van der Waals surface area contributed by atoms with E-state index in [0.29, 0.717) is 11.3 Å². The summed E-state index contributed by atoms with van der Waals surface area (Å²) in [6.07, 6.45) is 3.26. The first-order chi connectivity index (χ1) is 15.5. The van der Waals surface area contributed by atoms with E-state index in [1.165, 1.54) is 0 Å². The van der Waals surface area contributed by atoms with Gasteiger partial charge in [0.05, 0.1) is 34.3 Å². The number of anilines is 5. The molecule has 0 fully saturated rings. The minimum absolute atomic E-state index is 0.186. The summed E-state index contributed by atoms with van der Waals surface area (Å²) in [5, 5.41) is 21.1. The van der Waals surface area contributed by atoms with Crippen LogP contribution in [0.1, 0.15) is 15.9 Å². The van der Waals surface area contributed by atoms with Crippen LogP contribution >= 0.6 is 0 Å². The second kappa shape index (κ2) is 7.77. The topological polar surface area (TPSA) is 110 Å². The highest BCUT2D eigenvalue weighted by Crippen LogP contribution is 2.36. The maximum atomic E-state index is 13.2. The Morgan fingerprint density at radius 1 is 1.09 bits per heavy atom. The summed E-state index contributed by atoms with van der Waals surface area (Å²) >= 11 is 0. The number of benzene rings is 2. The molecule has 1 aliphatic heterocycles. The minimum atomic E-state index is -0.241. The number of pyridine rings is 1. The Balaban J connectivity index is 1.40. The van der Waals surface area contributed by atoms with Crippen molar-refractivity contribution < 1.29 is 4.79 Å². The van der Waals surface area contributed by atoms with Crippen molar-refractivity contribution in [2.75, 3.05) is 40.3 Å². The van der Waals surface area contributed by atoms with Crippen LogP contribution < -0.4 is 26.2 Å². The largest absolute Gasteiger partial charge is 0.377 e. The highest BCUT2D eigenvalue weighted by Gasteiger charge is 2.25. The van der Waals surface area contributed by atoms with Gasteiger partial charge in [0.15, 0.2) is 6.29 Å². The van der Waals surface area contributed by atoms with Gasteiger partial charge in [0.25, 0.3) is 5.91 Å². The molecule has 0 radical (unpaired) electrons. The normalized spacial score (nSPS) is 14.4. The molecule has 2 aromatic carbocycles. The van der Waals surface area contributed by atoms with Gasteiger partial charge in [0.2, 0.25) is 0 Å². The molecule has 3 heterocycles. The molecule has 5 N–H and O–H groups in total. The maximum Gasteiger partial charge on any atom is 0.257 e. The van der Waals surface area contributed by atoms with Crippen LogP contribution in [0, 0.1) is 6.92 Å². The van der Waals surface area contributed by atoms with Crippen molar-refractivity contribution >= 4 is 45.4 Å². The van der Waals surface area contributed by atoms with Gasteiger partial charge < -0.3 is 26.2 Å². The summed E-state index contributed by atoms with van der Waals surface area (Å²) in [7, 11) is 3.84. The first kappa shape index (κ1) is 19.7. The number of H-pyrrole nitrogens is 1. The third-order valence-electron chi connectivity index (χ3n) is 5.45. The van der Waals surface area contributed by atoms with Gasteiger partial charge in [0, 0.05) is 31.4 Å². The lowest BCUT2D eigenvalue weighted by Crippen LogP contribution is -2.32. The summed E-state index contributed by atoms with van der Waals surface area (Å²) in [4.78, 5) is 19.5. The molecule has 162 valence electrons. The monoisotopic (exact) mass is 428 g/mol. The van der Waals surface area contributed by atoms with Crippen LogP contribution in [-0.4, -0.2) is 41.5 Å². The van der Waals surface area contributed by atoms with E-state index in [1.807, 2.05) is 68.4 Å². The maximum absolute atomic E-state index is 13.2. The fourth-order valence-electron chi connectivity index (χ4n) is 3.78. The van der Waals surface area contributed by atoms with E-state index in [2.05, 4.69) is 36.4 Å². The van der Waals surface area contributed by atoms with E-state index in [0.717, 1.165) is 39.3 Å². The van der Waals surface area contributed by atoms with Crippen LogP contribution in [0.4, 0.5) is 28.6 Å². The predicted octanol–water partition coefficient (Wildman–Crippen LogP) is 3.82. The second-order valence-electron chi connectivity index (χ2n) is 7.97. The van der Waals surface area contributed by atoms with Crippen LogP contribution in [0.25, 0.3) is 10.9 Å². The first-order valence-electron chi connectivity index (χ1n) is 10.3. The van der Waals surface area contributed by atoms with Gasteiger partial charge in [-0.05, 0) is 48.9 Å². The number of fused-ring (bicyclic) bond motifs is 2. The van der Waals surface area contributed by atoms with E-state index >= 15 is 0 Å². The molecule has 9 heteroatoms. The van der Waals surface area contributed by atoms with E-state index in [9.17, 15) is 4.79 Å². The SMILES string of the molecule is Cc1cccnc1NC1Nc2cc(C(=O)Nc3ccc4cn[nH]c4c3)c(N(C)C)cc2N1. The second-order valence-corrected chi connectivity index (χ2v) is 7.97. The molecule has 0 aliphatic carbocycles. The van der Waals surface area contributed by atoms with Crippen molar-refractivity contribution in [1.82, 2.24) is 15.2 Å². The van der Waals surface area contributed by atoms with Crippen molar-refractivity contribution in [3.63, 3.8) is 0 Å². The number of carbonyl (C=O) groups is 1. The quantitative estimate of drug-likeness (QED) is 0.329. The molecule has 1 aliphatic rings.